The van der Waals surface area contributed by atoms with Gasteiger partial charge in [0.25, 0.3) is 11.8 Å². The quantitative estimate of drug-likeness (QED) is 0.462. The first-order chi connectivity index (χ1) is 18.0. The summed E-state index contributed by atoms with van der Waals surface area (Å²) in [5.41, 5.74) is 7.84. The highest BCUT2D eigenvalue weighted by Crippen LogP contribution is 2.46. The van der Waals surface area contributed by atoms with Crippen molar-refractivity contribution in [1.29, 1.82) is 0 Å². The van der Waals surface area contributed by atoms with E-state index >= 15 is 0 Å². The number of carbonyl (C=O) groups is 2. The first-order valence-electron chi connectivity index (χ1n) is 13.1. The van der Waals surface area contributed by atoms with Crippen LogP contribution >= 0.6 is 0 Å². The lowest BCUT2D eigenvalue weighted by Gasteiger charge is -2.48. The number of hydrogen-bond donors (Lipinski definition) is 2. The Labute approximate surface area is 218 Å². The van der Waals surface area contributed by atoms with Crippen LogP contribution in [-0.4, -0.2) is 34.0 Å². The van der Waals surface area contributed by atoms with Gasteiger partial charge in [-0.15, -0.1) is 0 Å². The zero-order chi connectivity index (χ0) is 25.9. The number of nitrogens with zero attached hydrogens (tertiary/aromatic N) is 1. The van der Waals surface area contributed by atoms with Crippen LogP contribution in [0, 0.1) is 13.8 Å². The molecule has 1 saturated carbocycles. The third-order valence-corrected chi connectivity index (χ3v) is 7.71. The van der Waals surface area contributed by atoms with Gasteiger partial charge in [0.1, 0.15) is 0 Å². The van der Waals surface area contributed by atoms with Crippen LogP contribution in [0.4, 0.5) is 0 Å². The summed E-state index contributed by atoms with van der Waals surface area (Å²) in [6.07, 6.45) is 2.59. The molecule has 3 aromatic rings. The lowest BCUT2D eigenvalue weighted by atomic mass is 9.76. The van der Waals surface area contributed by atoms with E-state index in [1.807, 2.05) is 74.5 Å². The molecule has 6 heteroatoms. The van der Waals surface area contributed by atoms with Gasteiger partial charge in [0.15, 0.2) is 0 Å². The summed E-state index contributed by atoms with van der Waals surface area (Å²) in [6, 6.07) is 22.2. The van der Waals surface area contributed by atoms with Gasteiger partial charge in [-0.2, -0.15) is 0 Å². The van der Waals surface area contributed by atoms with Gasteiger partial charge >= 0.3 is 0 Å². The molecule has 5 rings (SSSR count). The monoisotopic (exact) mass is 498 g/mol. The average molecular weight is 499 g/mol. The van der Waals surface area contributed by atoms with Crippen LogP contribution in [0.15, 0.2) is 72.8 Å². The molecule has 3 aromatic carbocycles. The van der Waals surface area contributed by atoms with Gasteiger partial charge in [-0.05, 0) is 55.0 Å². The second kappa shape index (κ2) is 10.9. The predicted octanol–water partition coefficient (Wildman–Crippen LogP) is 5.14. The fourth-order valence-electron chi connectivity index (χ4n) is 5.93. The summed E-state index contributed by atoms with van der Waals surface area (Å²) in [4.78, 5) is 35.4. The number of fused-ring (bicyclic) bond motifs is 1. The molecule has 1 aliphatic carbocycles. The average Bonchev–Trinajstić information content (AvgIpc) is 2.90. The first-order valence-corrected chi connectivity index (χ1v) is 13.1. The van der Waals surface area contributed by atoms with Gasteiger partial charge in [-0.25, -0.2) is 5.48 Å². The van der Waals surface area contributed by atoms with Crippen molar-refractivity contribution in [2.24, 2.45) is 0 Å². The van der Waals surface area contributed by atoms with Gasteiger partial charge in [0.05, 0.1) is 30.7 Å². The minimum Gasteiger partial charge on any atom is -0.391 e. The number of aliphatic hydroxyl groups excluding tert-OH is 1. The molecule has 1 heterocycles. The van der Waals surface area contributed by atoms with E-state index in [1.54, 1.807) is 11.0 Å². The summed E-state index contributed by atoms with van der Waals surface area (Å²) >= 11 is 0. The maximum atomic E-state index is 14.0. The molecule has 4 unspecified atom stereocenters. The van der Waals surface area contributed by atoms with Crippen LogP contribution in [0.5, 0.6) is 0 Å². The molecule has 4 atom stereocenters. The topological polar surface area (TPSA) is 78.9 Å². The van der Waals surface area contributed by atoms with E-state index in [9.17, 15) is 14.7 Å². The number of carbonyl (C=O) groups excluding carboxylic acids is 2. The number of benzene rings is 3. The molecule has 2 aliphatic rings. The Balaban J connectivity index is 1.57. The molecule has 0 spiro atoms. The Morgan fingerprint density at radius 1 is 0.973 bits per heavy atom. The van der Waals surface area contributed by atoms with E-state index in [0.29, 0.717) is 24.0 Å². The summed E-state index contributed by atoms with van der Waals surface area (Å²) in [5, 5.41) is 11.0. The molecule has 2 N–H and O–H groups in total. The Bertz CT molecular complexity index is 1280. The second-order valence-electron chi connectivity index (χ2n) is 10.2. The van der Waals surface area contributed by atoms with Crippen molar-refractivity contribution in [3.63, 3.8) is 0 Å². The van der Waals surface area contributed by atoms with Crippen LogP contribution in [0.3, 0.4) is 0 Å². The van der Waals surface area contributed by atoms with Crippen LogP contribution < -0.4 is 5.48 Å². The SMILES string of the molecule is Cc1ccc(C2C(C(=O)NOCc3ccccc3)c3ccccc3C(=O)N2C2CCCCC2O)c(C)c1. The normalized spacial score (nSPS) is 23.4. The molecular weight excluding hydrogens is 464 g/mol. The minimum absolute atomic E-state index is 0.138. The fraction of sp³-hybridized carbons (Fsp3) is 0.355. The lowest BCUT2D eigenvalue weighted by molar-refractivity contribution is -0.138. The molecule has 192 valence electrons. The van der Waals surface area contributed by atoms with Crippen LogP contribution in [0.25, 0.3) is 0 Å². The number of hydroxylamine groups is 1. The van der Waals surface area contributed by atoms with Crippen molar-refractivity contribution in [2.75, 3.05) is 0 Å². The van der Waals surface area contributed by atoms with E-state index in [-0.39, 0.29) is 24.5 Å². The zero-order valence-electron chi connectivity index (χ0n) is 21.4. The highest BCUT2D eigenvalue weighted by Gasteiger charge is 2.48. The standard InChI is InChI=1S/C31H34N2O4/c1-20-16-17-23(21(2)18-20)29-28(30(35)32-37-19-22-10-4-3-5-11-22)24-12-6-7-13-25(24)31(36)33(29)26-14-8-9-15-27(26)34/h3-7,10-13,16-18,26-29,34H,8-9,14-15,19H2,1-2H3,(H,32,35). The third-order valence-electron chi connectivity index (χ3n) is 7.71. The Morgan fingerprint density at radius 3 is 2.46 bits per heavy atom. The summed E-state index contributed by atoms with van der Waals surface area (Å²) in [6.45, 7) is 4.28. The van der Waals surface area contributed by atoms with Crippen molar-refractivity contribution in [2.45, 2.75) is 70.2 Å². The third kappa shape index (κ3) is 5.04. The number of hydrogen-bond acceptors (Lipinski definition) is 4. The van der Waals surface area contributed by atoms with Gasteiger partial charge in [0, 0.05) is 5.56 Å². The van der Waals surface area contributed by atoms with Crippen molar-refractivity contribution in [1.82, 2.24) is 10.4 Å². The first kappa shape index (κ1) is 25.2. The molecule has 0 radical (unpaired) electrons. The Morgan fingerprint density at radius 2 is 1.70 bits per heavy atom. The van der Waals surface area contributed by atoms with Crippen molar-refractivity contribution < 1.29 is 19.5 Å². The molecule has 2 amide bonds. The molecule has 1 aliphatic heterocycles. The summed E-state index contributed by atoms with van der Waals surface area (Å²) in [7, 11) is 0. The van der Waals surface area contributed by atoms with E-state index in [4.69, 9.17) is 4.84 Å². The van der Waals surface area contributed by atoms with Crippen molar-refractivity contribution in [3.8, 4) is 0 Å². The van der Waals surface area contributed by atoms with E-state index in [2.05, 4.69) is 11.5 Å². The Hall–Kier alpha value is -3.48. The molecule has 1 fully saturated rings. The van der Waals surface area contributed by atoms with E-state index in [0.717, 1.165) is 35.1 Å². The van der Waals surface area contributed by atoms with Crippen molar-refractivity contribution in [3.05, 3.63) is 106 Å². The van der Waals surface area contributed by atoms with Gasteiger partial charge < -0.3 is 10.0 Å². The smallest absolute Gasteiger partial charge is 0.255 e. The molecule has 37 heavy (non-hydrogen) atoms. The van der Waals surface area contributed by atoms with E-state index < -0.39 is 18.1 Å². The maximum Gasteiger partial charge on any atom is 0.255 e. The molecular formula is C31H34N2O4. The summed E-state index contributed by atoms with van der Waals surface area (Å²) < 4.78 is 0. The second-order valence-corrected chi connectivity index (χ2v) is 10.2. The van der Waals surface area contributed by atoms with Crippen LogP contribution in [0.1, 0.15) is 75.8 Å². The zero-order valence-corrected chi connectivity index (χ0v) is 21.4. The number of nitrogens with one attached hydrogen (secondary N) is 1. The minimum atomic E-state index is -0.694. The predicted molar refractivity (Wildman–Crippen MR) is 142 cm³/mol. The van der Waals surface area contributed by atoms with Crippen LogP contribution in [-0.2, 0) is 16.2 Å². The van der Waals surface area contributed by atoms with Gasteiger partial charge in [-0.3, -0.25) is 14.4 Å². The van der Waals surface area contributed by atoms with Gasteiger partial charge in [0.2, 0.25) is 0 Å². The van der Waals surface area contributed by atoms with Crippen molar-refractivity contribution >= 4 is 11.8 Å². The maximum absolute atomic E-state index is 14.0. The number of amides is 2. The molecule has 0 bridgehead atoms. The number of aliphatic hydroxyl groups is 1. The molecule has 6 nitrogen and oxygen atoms in total. The highest BCUT2D eigenvalue weighted by atomic mass is 16.6. The number of rotatable bonds is 6. The summed E-state index contributed by atoms with van der Waals surface area (Å²) in [5.74, 6) is -1.14. The largest absolute Gasteiger partial charge is 0.391 e. The lowest BCUT2D eigenvalue weighted by Crippen LogP contribution is -2.55. The van der Waals surface area contributed by atoms with Crippen LogP contribution in [0.2, 0.25) is 0 Å². The highest BCUT2D eigenvalue weighted by molar-refractivity contribution is 6.01. The van der Waals surface area contributed by atoms with Gasteiger partial charge in [-0.1, -0.05) is 85.1 Å². The molecule has 0 saturated heterocycles. The van der Waals surface area contributed by atoms with E-state index in [1.165, 1.54) is 0 Å². The number of aryl methyl sites for hydroxylation is 2. The Kier molecular flexibility index (Phi) is 7.40. The fourth-order valence-corrected chi connectivity index (χ4v) is 5.93. The molecule has 0 aromatic heterocycles.